The number of rotatable bonds is 6. The summed E-state index contributed by atoms with van der Waals surface area (Å²) in [6.07, 6.45) is 3.19. The van der Waals surface area contributed by atoms with Crippen LogP contribution in [-0.2, 0) is 19.4 Å². The van der Waals surface area contributed by atoms with E-state index >= 15 is 0 Å². The average molecular weight is 337 g/mol. The minimum absolute atomic E-state index is 0.0452. The molecule has 0 fully saturated rings. The molecule has 20 heavy (non-hydrogen) atoms. The van der Waals surface area contributed by atoms with Gasteiger partial charge in [0, 0.05) is 23.5 Å². The lowest BCUT2D eigenvalue weighted by molar-refractivity contribution is 0.457. The molecule has 108 valence electrons. The molecule has 4 nitrogen and oxygen atoms in total. The summed E-state index contributed by atoms with van der Waals surface area (Å²) in [5, 5.41) is 4.27. The monoisotopic (exact) mass is 336 g/mol. The van der Waals surface area contributed by atoms with Gasteiger partial charge < -0.3 is 5.73 Å². The SMILES string of the molecule is CC(C)Cn1ncnc1CC(N)Cc1ccccc1Br. The number of nitrogens with two attached hydrogens (primary N) is 1. The van der Waals surface area contributed by atoms with E-state index in [4.69, 9.17) is 5.73 Å². The third kappa shape index (κ3) is 4.15. The Kier molecular flexibility index (Phi) is 5.31. The van der Waals surface area contributed by atoms with Crippen LogP contribution in [0.25, 0.3) is 0 Å². The molecule has 0 spiro atoms. The molecule has 1 heterocycles. The molecular formula is C15H21BrN4. The molecule has 0 saturated carbocycles. The minimum atomic E-state index is 0.0452. The van der Waals surface area contributed by atoms with E-state index in [0.717, 1.165) is 29.7 Å². The Balaban J connectivity index is 2.00. The summed E-state index contributed by atoms with van der Waals surface area (Å²) in [5.41, 5.74) is 7.49. The summed E-state index contributed by atoms with van der Waals surface area (Å²) in [4.78, 5) is 4.33. The highest BCUT2D eigenvalue weighted by Gasteiger charge is 2.12. The molecule has 5 heteroatoms. The van der Waals surface area contributed by atoms with Gasteiger partial charge in [0.05, 0.1) is 0 Å². The maximum atomic E-state index is 6.26. The van der Waals surface area contributed by atoms with Crippen molar-refractivity contribution in [2.75, 3.05) is 0 Å². The second kappa shape index (κ2) is 6.99. The van der Waals surface area contributed by atoms with Gasteiger partial charge in [-0.2, -0.15) is 5.10 Å². The zero-order valence-corrected chi connectivity index (χ0v) is 13.5. The van der Waals surface area contributed by atoms with Crippen LogP contribution in [0.4, 0.5) is 0 Å². The molecule has 2 aromatic rings. The van der Waals surface area contributed by atoms with Crippen LogP contribution in [0, 0.1) is 5.92 Å². The number of nitrogens with zero attached hydrogens (tertiary/aromatic N) is 3. The molecule has 0 radical (unpaired) electrons. The first-order valence-corrected chi connectivity index (χ1v) is 7.71. The summed E-state index contributed by atoms with van der Waals surface area (Å²) in [5.74, 6) is 1.52. The van der Waals surface area contributed by atoms with Gasteiger partial charge in [-0.25, -0.2) is 9.67 Å². The molecule has 0 aliphatic carbocycles. The van der Waals surface area contributed by atoms with Crippen molar-refractivity contribution in [2.45, 2.75) is 39.3 Å². The van der Waals surface area contributed by atoms with Gasteiger partial charge in [0.15, 0.2) is 0 Å². The van der Waals surface area contributed by atoms with E-state index in [1.54, 1.807) is 6.33 Å². The Morgan fingerprint density at radius 3 is 2.70 bits per heavy atom. The van der Waals surface area contributed by atoms with Crippen molar-refractivity contribution < 1.29 is 0 Å². The van der Waals surface area contributed by atoms with E-state index in [1.807, 2.05) is 22.9 Å². The van der Waals surface area contributed by atoms with E-state index in [1.165, 1.54) is 5.56 Å². The number of halogens is 1. The molecule has 0 amide bonds. The van der Waals surface area contributed by atoms with Crippen LogP contribution in [0.15, 0.2) is 35.1 Å². The summed E-state index contributed by atoms with van der Waals surface area (Å²) in [6.45, 7) is 5.23. The van der Waals surface area contributed by atoms with Crippen molar-refractivity contribution in [2.24, 2.45) is 11.7 Å². The van der Waals surface area contributed by atoms with E-state index in [-0.39, 0.29) is 6.04 Å². The minimum Gasteiger partial charge on any atom is -0.327 e. The zero-order valence-electron chi connectivity index (χ0n) is 12.0. The van der Waals surface area contributed by atoms with Crippen LogP contribution < -0.4 is 5.73 Å². The van der Waals surface area contributed by atoms with Crippen molar-refractivity contribution in [3.63, 3.8) is 0 Å². The largest absolute Gasteiger partial charge is 0.327 e. The molecule has 2 rings (SSSR count). The summed E-state index contributed by atoms with van der Waals surface area (Å²) in [6, 6.07) is 8.24. The Morgan fingerprint density at radius 1 is 1.25 bits per heavy atom. The van der Waals surface area contributed by atoms with Gasteiger partial charge in [0.1, 0.15) is 12.2 Å². The Labute approximate surface area is 128 Å². The average Bonchev–Trinajstić information content (AvgIpc) is 2.78. The van der Waals surface area contributed by atoms with Crippen LogP contribution in [0.5, 0.6) is 0 Å². The van der Waals surface area contributed by atoms with Gasteiger partial charge in [-0.15, -0.1) is 0 Å². The van der Waals surface area contributed by atoms with Gasteiger partial charge in [-0.05, 0) is 24.0 Å². The van der Waals surface area contributed by atoms with E-state index in [2.05, 4.69) is 45.9 Å². The number of hydrogen-bond donors (Lipinski definition) is 1. The molecule has 1 unspecified atom stereocenters. The highest BCUT2D eigenvalue weighted by Crippen LogP contribution is 2.18. The molecule has 0 aliphatic rings. The topological polar surface area (TPSA) is 56.7 Å². The van der Waals surface area contributed by atoms with Gasteiger partial charge >= 0.3 is 0 Å². The second-order valence-corrected chi connectivity index (χ2v) is 6.37. The summed E-state index contributed by atoms with van der Waals surface area (Å²) >= 11 is 3.56. The lowest BCUT2D eigenvalue weighted by Gasteiger charge is -2.14. The van der Waals surface area contributed by atoms with Gasteiger partial charge in [-0.1, -0.05) is 48.0 Å². The van der Waals surface area contributed by atoms with E-state index in [9.17, 15) is 0 Å². The van der Waals surface area contributed by atoms with Crippen molar-refractivity contribution >= 4 is 15.9 Å². The molecule has 0 aliphatic heterocycles. The fourth-order valence-corrected chi connectivity index (χ4v) is 2.64. The number of aromatic nitrogens is 3. The van der Waals surface area contributed by atoms with Crippen LogP contribution in [0.2, 0.25) is 0 Å². The Morgan fingerprint density at radius 2 is 2.00 bits per heavy atom. The Hall–Kier alpha value is -1.20. The fraction of sp³-hybridized carbons (Fsp3) is 0.467. The number of hydrogen-bond acceptors (Lipinski definition) is 3. The fourth-order valence-electron chi connectivity index (χ4n) is 2.20. The van der Waals surface area contributed by atoms with Crippen molar-refractivity contribution in [3.8, 4) is 0 Å². The van der Waals surface area contributed by atoms with E-state index in [0.29, 0.717) is 5.92 Å². The standard InChI is InChI=1S/C15H21BrN4/c1-11(2)9-20-15(18-10-19-20)8-13(17)7-12-5-3-4-6-14(12)16/h3-6,10-11,13H,7-9,17H2,1-2H3. The smallest absolute Gasteiger partial charge is 0.138 e. The predicted molar refractivity (Wildman–Crippen MR) is 84.4 cm³/mol. The van der Waals surface area contributed by atoms with Crippen molar-refractivity contribution in [1.29, 1.82) is 0 Å². The second-order valence-electron chi connectivity index (χ2n) is 5.51. The first-order chi connectivity index (χ1) is 9.56. The highest BCUT2D eigenvalue weighted by atomic mass is 79.9. The quantitative estimate of drug-likeness (QED) is 0.882. The predicted octanol–water partition coefficient (Wildman–Crippen LogP) is 2.81. The lowest BCUT2D eigenvalue weighted by atomic mass is 10.0. The van der Waals surface area contributed by atoms with Crippen molar-refractivity contribution in [3.05, 3.63) is 46.5 Å². The summed E-state index contributed by atoms with van der Waals surface area (Å²) in [7, 11) is 0. The maximum Gasteiger partial charge on any atom is 0.138 e. The molecule has 1 atom stereocenters. The van der Waals surface area contributed by atoms with Crippen LogP contribution in [0.3, 0.4) is 0 Å². The number of benzene rings is 1. The van der Waals surface area contributed by atoms with Crippen LogP contribution in [-0.4, -0.2) is 20.8 Å². The normalized spacial score (nSPS) is 12.8. The molecule has 0 bridgehead atoms. The van der Waals surface area contributed by atoms with Crippen LogP contribution >= 0.6 is 15.9 Å². The molecule has 0 saturated heterocycles. The lowest BCUT2D eigenvalue weighted by Crippen LogP contribution is -2.28. The highest BCUT2D eigenvalue weighted by molar-refractivity contribution is 9.10. The molecular weight excluding hydrogens is 316 g/mol. The Bertz CT molecular complexity index is 550. The third-order valence-corrected chi connectivity index (χ3v) is 3.89. The van der Waals surface area contributed by atoms with Gasteiger partial charge in [0.25, 0.3) is 0 Å². The maximum absolute atomic E-state index is 6.26. The van der Waals surface area contributed by atoms with E-state index < -0.39 is 0 Å². The van der Waals surface area contributed by atoms with Crippen LogP contribution in [0.1, 0.15) is 25.2 Å². The third-order valence-electron chi connectivity index (χ3n) is 3.12. The van der Waals surface area contributed by atoms with Gasteiger partial charge in [0.2, 0.25) is 0 Å². The molecule has 1 aromatic carbocycles. The van der Waals surface area contributed by atoms with Gasteiger partial charge in [-0.3, -0.25) is 0 Å². The first kappa shape index (κ1) is 15.2. The molecule has 1 aromatic heterocycles. The first-order valence-electron chi connectivity index (χ1n) is 6.92. The van der Waals surface area contributed by atoms with Crippen molar-refractivity contribution in [1.82, 2.24) is 14.8 Å². The molecule has 2 N–H and O–H groups in total. The zero-order chi connectivity index (χ0) is 14.5. The summed E-state index contributed by atoms with van der Waals surface area (Å²) < 4.78 is 3.07.